The summed E-state index contributed by atoms with van der Waals surface area (Å²) in [5, 5.41) is 0. The van der Waals surface area contributed by atoms with Crippen LogP contribution in [-0.2, 0) is 12.8 Å². The van der Waals surface area contributed by atoms with Gasteiger partial charge in [0.25, 0.3) is 0 Å². The Hall–Kier alpha value is -2.10. The summed E-state index contributed by atoms with van der Waals surface area (Å²) in [5.74, 6) is 2.55. The molecule has 1 atom stereocenters. The average Bonchev–Trinajstić information content (AvgIpc) is 2.46. The average molecular weight is 269 g/mol. The normalized spacial score (nSPS) is 17.4. The largest absolute Gasteiger partial charge is 0.493 e. The second-order valence-electron chi connectivity index (χ2n) is 5.20. The third-order valence-corrected chi connectivity index (χ3v) is 3.86. The van der Waals surface area contributed by atoms with Crippen molar-refractivity contribution in [3.63, 3.8) is 0 Å². The first-order valence-electron chi connectivity index (χ1n) is 7.02. The van der Waals surface area contributed by atoms with E-state index in [1.165, 1.54) is 5.56 Å². The Morgan fingerprint density at radius 2 is 2.10 bits per heavy atom. The molecule has 2 aromatic rings. The van der Waals surface area contributed by atoms with Crippen molar-refractivity contribution in [3.8, 4) is 5.75 Å². The second kappa shape index (κ2) is 5.12. The predicted octanol–water partition coefficient (Wildman–Crippen LogP) is 2.65. The number of aromatic nitrogens is 2. The van der Waals surface area contributed by atoms with Gasteiger partial charge in [-0.1, -0.05) is 25.1 Å². The minimum Gasteiger partial charge on any atom is -0.493 e. The molecule has 0 spiro atoms. The van der Waals surface area contributed by atoms with Crippen molar-refractivity contribution in [1.29, 1.82) is 0 Å². The molecule has 1 aromatic heterocycles. The molecule has 2 heterocycles. The number of ether oxygens (including phenoxy) is 1. The fourth-order valence-electron chi connectivity index (χ4n) is 2.75. The van der Waals surface area contributed by atoms with Crippen LogP contribution in [-0.4, -0.2) is 16.6 Å². The van der Waals surface area contributed by atoms with Crippen LogP contribution in [0.1, 0.15) is 35.5 Å². The highest BCUT2D eigenvalue weighted by molar-refractivity contribution is 5.43. The molecule has 0 radical (unpaired) electrons. The van der Waals surface area contributed by atoms with Gasteiger partial charge in [0.1, 0.15) is 17.4 Å². The summed E-state index contributed by atoms with van der Waals surface area (Å²) in [5.41, 5.74) is 9.28. The summed E-state index contributed by atoms with van der Waals surface area (Å²) >= 11 is 0. The number of para-hydroxylation sites is 1. The quantitative estimate of drug-likeness (QED) is 0.910. The maximum Gasteiger partial charge on any atom is 0.137 e. The number of hydrogen-bond acceptors (Lipinski definition) is 4. The molecule has 0 amide bonds. The molecule has 20 heavy (non-hydrogen) atoms. The van der Waals surface area contributed by atoms with Gasteiger partial charge in [0.15, 0.2) is 0 Å². The van der Waals surface area contributed by atoms with Crippen molar-refractivity contribution in [2.24, 2.45) is 0 Å². The highest BCUT2D eigenvalue weighted by Crippen LogP contribution is 2.31. The SMILES string of the molecule is CCc1c(C)nc(C2COc3ccccc3C2)nc1N. The van der Waals surface area contributed by atoms with Crippen LogP contribution in [0.4, 0.5) is 5.82 Å². The smallest absolute Gasteiger partial charge is 0.137 e. The zero-order chi connectivity index (χ0) is 14.1. The lowest BCUT2D eigenvalue weighted by molar-refractivity contribution is 0.257. The molecule has 4 nitrogen and oxygen atoms in total. The Kier molecular flexibility index (Phi) is 3.30. The molecule has 1 aliphatic heterocycles. The lowest BCUT2D eigenvalue weighted by Crippen LogP contribution is -2.22. The summed E-state index contributed by atoms with van der Waals surface area (Å²) in [6.07, 6.45) is 1.77. The van der Waals surface area contributed by atoms with E-state index in [1.54, 1.807) is 0 Å². The second-order valence-corrected chi connectivity index (χ2v) is 5.20. The van der Waals surface area contributed by atoms with E-state index < -0.39 is 0 Å². The molecule has 1 unspecified atom stereocenters. The van der Waals surface area contributed by atoms with E-state index in [9.17, 15) is 0 Å². The minimum absolute atomic E-state index is 0.178. The topological polar surface area (TPSA) is 61.0 Å². The van der Waals surface area contributed by atoms with Gasteiger partial charge in [0.2, 0.25) is 0 Å². The van der Waals surface area contributed by atoms with Crippen molar-refractivity contribution >= 4 is 5.82 Å². The van der Waals surface area contributed by atoms with Crippen molar-refractivity contribution in [1.82, 2.24) is 9.97 Å². The van der Waals surface area contributed by atoms with Crippen molar-refractivity contribution in [2.45, 2.75) is 32.6 Å². The van der Waals surface area contributed by atoms with E-state index in [4.69, 9.17) is 10.5 Å². The van der Waals surface area contributed by atoms with Gasteiger partial charge in [-0.2, -0.15) is 0 Å². The minimum atomic E-state index is 0.178. The Balaban J connectivity index is 1.92. The standard InChI is InChI=1S/C16H19N3O/c1-3-13-10(2)18-16(19-15(13)17)12-8-11-6-4-5-7-14(11)20-9-12/h4-7,12H,3,8-9H2,1-2H3,(H2,17,18,19). The number of fused-ring (bicyclic) bond motifs is 1. The fraction of sp³-hybridized carbons (Fsp3) is 0.375. The van der Waals surface area contributed by atoms with Gasteiger partial charge in [-0.15, -0.1) is 0 Å². The van der Waals surface area contributed by atoms with Crippen LogP contribution in [0.3, 0.4) is 0 Å². The first kappa shape index (κ1) is 12.9. The number of nitrogen functional groups attached to an aromatic ring is 1. The molecule has 0 saturated carbocycles. The number of nitrogens with two attached hydrogens (primary N) is 1. The van der Waals surface area contributed by atoms with Crippen molar-refractivity contribution in [2.75, 3.05) is 12.3 Å². The van der Waals surface area contributed by atoms with Crippen LogP contribution < -0.4 is 10.5 Å². The maximum absolute atomic E-state index is 6.04. The summed E-state index contributed by atoms with van der Waals surface area (Å²) < 4.78 is 5.81. The number of rotatable bonds is 2. The van der Waals surface area contributed by atoms with E-state index >= 15 is 0 Å². The summed E-state index contributed by atoms with van der Waals surface area (Å²) in [4.78, 5) is 9.12. The van der Waals surface area contributed by atoms with E-state index in [0.29, 0.717) is 12.4 Å². The van der Waals surface area contributed by atoms with E-state index in [2.05, 4.69) is 23.0 Å². The molecule has 3 rings (SSSR count). The van der Waals surface area contributed by atoms with Crippen LogP contribution in [0.2, 0.25) is 0 Å². The monoisotopic (exact) mass is 269 g/mol. The van der Waals surface area contributed by atoms with Crippen molar-refractivity contribution < 1.29 is 4.74 Å². The van der Waals surface area contributed by atoms with Gasteiger partial charge in [0.05, 0.1) is 12.5 Å². The first-order valence-corrected chi connectivity index (χ1v) is 7.02. The zero-order valence-corrected chi connectivity index (χ0v) is 11.9. The molecular formula is C16H19N3O. The van der Waals surface area contributed by atoms with Gasteiger partial charge in [-0.3, -0.25) is 0 Å². The Labute approximate surface area is 119 Å². The van der Waals surface area contributed by atoms with Crippen LogP contribution in [0.15, 0.2) is 24.3 Å². The van der Waals surface area contributed by atoms with E-state index in [-0.39, 0.29) is 5.92 Å². The third kappa shape index (κ3) is 2.22. The Morgan fingerprint density at radius 1 is 1.30 bits per heavy atom. The summed E-state index contributed by atoms with van der Waals surface area (Å²) in [7, 11) is 0. The Bertz CT molecular complexity index is 616. The molecule has 0 aliphatic carbocycles. The van der Waals surface area contributed by atoms with Gasteiger partial charge >= 0.3 is 0 Å². The molecule has 4 heteroatoms. The maximum atomic E-state index is 6.04. The van der Waals surface area contributed by atoms with Crippen LogP contribution in [0, 0.1) is 6.92 Å². The summed E-state index contributed by atoms with van der Waals surface area (Å²) in [6.45, 7) is 4.68. The number of nitrogens with zero attached hydrogens (tertiary/aromatic N) is 2. The number of aryl methyl sites for hydroxylation is 1. The van der Waals surface area contributed by atoms with E-state index in [0.717, 1.165) is 35.7 Å². The zero-order valence-electron chi connectivity index (χ0n) is 11.9. The number of hydrogen-bond donors (Lipinski definition) is 1. The van der Waals surface area contributed by atoms with E-state index in [1.807, 2.05) is 25.1 Å². The fourth-order valence-corrected chi connectivity index (χ4v) is 2.75. The molecule has 0 saturated heterocycles. The predicted molar refractivity (Wildman–Crippen MR) is 78.9 cm³/mol. The number of benzene rings is 1. The highest BCUT2D eigenvalue weighted by atomic mass is 16.5. The lowest BCUT2D eigenvalue weighted by Gasteiger charge is -2.24. The van der Waals surface area contributed by atoms with Gasteiger partial charge in [-0.25, -0.2) is 9.97 Å². The molecule has 104 valence electrons. The van der Waals surface area contributed by atoms with Gasteiger partial charge in [0, 0.05) is 11.3 Å². The molecule has 2 N–H and O–H groups in total. The molecule has 1 aromatic carbocycles. The third-order valence-electron chi connectivity index (χ3n) is 3.86. The first-order chi connectivity index (χ1) is 9.69. The summed E-state index contributed by atoms with van der Waals surface area (Å²) in [6, 6.07) is 8.13. The van der Waals surface area contributed by atoms with Gasteiger partial charge in [-0.05, 0) is 31.4 Å². The lowest BCUT2D eigenvalue weighted by atomic mass is 9.95. The van der Waals surface area contributed by atoms with Crippen molar-refractivity contribution in [3.05, 3.63) is 46.9 Å². The number of anilines is 1. The van der Waals surface area contributed by atoms with Crippen LogP contribution in [0.5, 0.6) is 5.75 Å². The molecule has 0 bridgehead atoms. The molecule has 1 aliphatic rings. The van der Waals surface area contributed by atoms with Crippen LogP contribution >= 0.6 is 0 Å². The highest BCUT2D eigenvalue weighted by Gasteiger charge is 2.24. The van der Waals surface area contributed by atoms with Crippen LogP contribution in [0.25, 0.3) is 0 Å². The molecule has 0 fully saturated rings. The Morgan fingerprint density at radius 3 is 2.85 bits per heavy atom. The van der Waals surface area contributed by atoms with Gasteiger partial charge < -0.3 is 10.5 Å². The molecular weight excluding hydrogens is 250 g/mol.